The van der Waals surface area contributed by atoms with E-state index >= 15 is 0 Å². The predicted molar refractivity (Wildman–Crippen MR) is 99.9 cm³/mol. The van der Waals surface area contributed by atoms with E-state index in [1.807, 2.05) is 51.1 Å². The molecule has 132 valence electrons. The van der Waals surface area contributed by atoms with Gasteiger partial charge in [0.1, 0.15) is 0 Å². The summed E-state index contributed by atoms with van der Waals surface area (Å²) in [7, 11) is -3.82. The molecule has 0 aliphatic rings. The Balaban J connectivity index is 2.56. The van der Waals surface area contributed by atoms with Crippen LogP contribution in [0.5, 0.6) is 0 Å². The Labute approximate surface area is 149 Å². The van der Waals surface area contributed by atoms with Crippen LogP contribution in [0.4, 0.5) is 0 Å². The Bertz CT molecular complexity index is 890. The normalized spacial score (nSPS) is 12.5. The fraction of sp³-hybridized carbons (Fsp3) is 0.250. The molecular weight excluding hydrogens is 336 g/mol. The second-order valence-electron chi connectivity index (χ2n) is 6.26. The zero-order valence-corrected chi connectivity index (χ0v) is 15.6. The molecule has 25 heavy (non-hydrogen) atoms. The first kappa shape index (κ1) is 19.1. The molecule has 0 saturated carbocycles. The molecule has 0 saturated heterocycles. The Morgan fingerprint density at radius 3 is 2.20 bits per heavy atom. The van der Waals surface area contributed by atoms with Crippen molar-refractivity contribution in [3.05, 3.63) is 76.4 Å². The van der Waals surface area contributed by atoms with Crippen LogP contribution < -0.4 is 0 Å². The monoisotopic (exact) mass is 358 g/mol. The van der Waals surface area contributed by atoms with E-state index in [4.69, 9.17) is 4.18 Å². The molecule has 2 aromatic rings. The highest BCUT2D eigenvalue weighted by Crippen LogP contribution is 2.28. The number of allylic oxidation sites excluding steroid dienone is 1. The van der Waals surface area contributed by atoms with Crippen molar-refractivity contribution in [2.45, 2.75) is 26.9 Å². The summed E-state index contributed by atoms with van der Waals surface area (Å²) < 4.78 is 28.7. The highest BCUT2D eigenvalue weighted by Gasteiger charge is 2.28. The number of rotatable bonds is 6. The molecule has 0 aromatic heterocycles. The number of carbonyl (C=O) groups is 1. The van der Waals surface area contributed by atoms with Crippen LogP contribution in [0.25, 0.3) is 6.08 Å². The third-order valence-corrected chi connectivity index (χ3v) is 4.11. The highest BCUT2D eigenvalue weighted by molar-refractivity contribution is 7.86. The van der Waals surface area contributed by atoms with Crippen molar-refractivity contribution >= 4 is 22.0 Å². The lowest BCUT2D eigenvalue weighted by Crippen LogP contribution is -2.20. The zero-order valence-electron chi connectivity index (χ0n) is 14.8. The maximum atomic E-state index is 13.0. The van der Waals surface area contributed by atoms with Gasteiger partial charge in [-0.05, 0) is 31.9 Å². The minimum atomic E-state index is -3.82. The van der Waals surface area contributed by atoms with Crippen LogP contribution in [0.3, 0.4) is 0 Å². The average Bonchev–Trinajstić information content (AvgIpc) is 2.52. The van der Waals surface area contributed by atoms with Crippen LogP contribution in [0.15, 0.2) is 54.1 Å². The lowest BCUT2D eigenvalue weighted by molar-refractivity contribution is 0.0802. The molecule has 2 aromatic carbocycles. The summed E-state index contributed by atoms with van der Waals surface area (Å²) in [4.78, 5) is 13.0. The smallest absolute Gasteiger partial charge is 0.265 e. The Kier molecular flexibility index (Phi) is 5.93. The summed E-state index contributed by atoms with van der Waals surface area (Å²) in [5.41, 5.74) is 3.75. The minimum Gasteiger partial charge on any atom is -0.291 e. The molecule has 0 fully saturated rings. The molecule has 1 unspecified atom stereocenters. The SMILES string of the molecule is CC(C)=Cc1ccccc1C(OS(C)(=O)=O)C(=O)c1ccc(C)cc1. The summed E-state index contributed by atoms with van der Waals surface area (Å²) >= 11 is 0. The fourth-order valence-electron chi connectivity index (χ4n) is 2.47. The molecule has 0 heterocycles. The van der Waals surface area contributed by atoms with E-state index in [0.29, 0.717) is 11.1 Å². The molecule has 0 N–H and O–H groups in total. The van der Waals surface area contributed by atoms with Gasteiger partial charge in [0.05, 0.1) is 6.26 Å². The van der Waals surface area contributed by atoms with Crippen LogP contribution in [-0.2, 0) is 14.3 Å². The van der Waals surface area contributed by atoms with Gasteiger partial charge in [-0.3, -0.25) is 8.98 Å². The molecule has 0 radical (unpaired) electrons. The van der Waals surface area contributed by atoms with Gasteiger partial charge in [-0.2, -0.15) is 8.42 Å². The molecule has 4 nitrogen and oxygen atoms in total. The van der Waals surface area contributed by atoms with Gasteiger partial charge in [-0.15, -0.1) is 0 Å². The van der Waals surface area contributed by atoms with Gasteiger partial charge in [-0.1, -0.05) is 65.7 Å². The number of aryl methyl sites for hydroxylation is 1. The molecule has 0 spiro atoms. The first-order chi connectivity index (χ1) is 11.7. The van der Waals surface area contributed by atoms with E-state index in [2.05, 4.69) is 0 Å². The Hall–Kier alpha value is -2.24. The lowest BCUT2D eigenvalue weighted by atomic mass is 9.95. The molecule has 0 aliphatic heterocycles. The maximum absolute atomic E-state index is 13.0. The number of benzene rings is 2. The summed E-state index contributed by atoms with van der Waals surface area (Å²) in [6.45, 7) is 5.79. The third kappa shape index (κ3) is 5.37. The van der Waals surface area contributed by atoms with E-state index in [1.165, 1.54) is 0 Å². The van der Waals surface area contributed by atoms with Crippen molar-refractivity contribution in [3.8, 4) is 0 Å². The van der Waals surface area contributed by atoms with Crippen LogP contribution in [0, 0.1) is 6.92 Å². The van der Waals surface area contributed by atoms with Gasteiger partial charge in [-0.25, -0.2) is 0 Å². The summed E-state index contributed by atoms with van der Waals surface area (Å²) in [5.74, 6) is -0.389. The summed E-state index contributed by atoms with van der Waals surface area (Å²) in [5, 5.41) is 0. The van der Waals surface area contributed by atoms with Gasteiger partial charge >= 0.3 is 0 Å². The van der Waals surface area contributed by atoms with E-state index in [-0.39, 0.29) is 5.78 Å². The molecule has 0 bridgehead atoms. The lowest BCUT2D eigenvalue weighted by Gasteiger charge is -2.18. The molecule has 1 atom stereocenters. The number of Topliss-reactive ketones (excluding diaryl/α,β-unsaturated/α-hetero) is 1. The first-order valence-corrected chi connectivity index (χ1v) is 9.72. The number of hydrogen-bond acceptors (Lipinski definition) is 4. The molecule has 0 aliphatic carbocycles. The van der Waals surface area contributed by atoms with Crippen molar-refractivity contribution in [1.82, 2.24) is 0 Å². The Morgan fingerprint density at radius 1 is 1.04 bits per heavy atom. The van der Waals surface area contributed by atoms with E-state index in [0.717, 1.165) is 23.0 Å². The second kappa shape index (κ2) is 7.76. The van der Waals surface area contributed by atoms with Gasteiger partial charge in [0.25, 0.3) is 10.1 Å². The van der Waals surface area contributed by atoms with Crippen molar-refractivity contribution in [1.29, 1.82) is 0 Å². The standard InChI is InChI=1S/C20H22O4S/c1-14(2)13-17-7-5-6-8-18(17)20(24-25(4,22)23)19(21)16-11-9-15(3)10-12-16/h5-13,20H,1-4H3. The van der Waals surface area contributed by atoms with Crippen LogP contribution in [-0.4, -0.2) is 20.5 Å². The number of carbonyl (C=O) groups excluding carboxylic acids is 1. The molecular formula is C20H22O4S. The van der Waals surface area contributed by atoms with Gasteiger partial charge in [0.2, 0.25) is 0 Å². The van der Waals surface area contributed by atoms with Gasteiger partial charge in [0, 0.05) is 5.56 Å². The quantitative estimate of drug-likeness (QED) is 0.570. The maximum Gasteiger partial charge on any atom is 0.265 e. The summed E-state index contributed by atoms with van der Waals surface area (Å²) in [6, 6.07) is 14.1. The largest absolute Gasteiger partial charge is 0.291 e. The molecule has 5 heteroatoms. The van der Waals surface area contributed by atoms with E-state index < -0.39 is 16.2 Å². The topological polar surface area (TPSA) is 60.4 Å². The first-order valence-electron chi connectivity index (χ1n) is 7.90. The second-order valence-corrected chi connectivity index (χ2v) is 7.86. The zero-order chi connectivity index (χ0) is 18.6. The van der Waals surface area contributed by atoms with Crippen molar-refractivity contribution in [2.75, 3.05) is 6.26 Å². The summed E-state index contributed by atoms with van der Waals surface area (Å²) in [6.07, 6.45) is 1.63. The number of ketones is 1. The minimum absolute atomic E-state index is 0.389. The molecule has 2 rings (SSSR count). The van der Waals surface area contributed by atoms with Crippen molar-refractivity contribution in [3.63, 3.8) is 0 Å². The van der Waals surface area contributed by atoms with Gasteiger partial charge < -0.3 is 0 Å². The highest BCUT2D eigenvalue weighted by atomic mass is 32.2. The van der Waals surface area contributed by atoms with Crippen LogP contribution in [0.1, 0.15) is 47.0 Å². The van der Waals surface area contributed by atoms with E-state index in [9.17, 15) is 13.2 Å². The van der Waals surface area contributed by atoms with Crippen LogP contribution in [0.2, 0.25) is 0 Å². The van der Waals surface area contributed by atoms with E-state index in [1.54, 1.807) is 24.3 Å². The van der Waals surface area contributed by atoms with Gasteiger partial charge in [0.15, 0.2) is 11.9 Å². The third-order valence-electron chi connectivity index (χ3n) is 3.57. The average molecular weight is 358 g/mol. The van der Waals surface area contributed by atoms with Crippen molar-refractivity contribution < 1.29 is 17.4 Å². The fourth-order valence-corrected chi connectivity index (χ4v) is 3.01. The predicted octanol–water partition coefficient (Wildman–Crippen LogP) is 4.32. The number of hydrogen-bond donors (Lipinski definition) is 0. The Morgan fingerprint density at radius 2 is 1.64 bits per heavy atom. The van der Waals surface area contributed by atoms with Crippen LogP contribution >= 0.6 is 0 Å². The van der Waals surface area contributed by atoms with Crippen molar-refractivity contribution in [2.24, 2.45) is 0 Å². The molecule has 0 amide bonds.